The van der Waals surface area contributed by atoms with E-state index in [2.05, 4.69) is 47.4 Å². The van der Waals surface area contributed by atoms with E-state index in [0.717, 1.165) is 43.2 Å². The van der Waals surface area contributed by atoms with Gasteiger partial charge in [0.1, 0.15) is 0 Å². The van der Waals surface area contributed by atoms with Crippen molar-refractivity contribution in [3.05, 3.63) is 70.1 Å². The van der Waals surface area contributed by atoms with E-state index in [4.69, 9.17) is 0 Å². The van der Waals surface area contributed by atoms with Crippen LogP contribution in [0.3, 0.4) is 0 Å². The summed E-state index contributed by atoms with van der Waals surface area (Å²) in [6.07, 6.45) is 4.01. The van der Waals surface area contributed by atoms with Crippen LogP contribution in [0.5, 0.6) is 0 Å². The summed E-state index contributed by atoms with van der Waals surface area (Å²) in [6.45, 7) is 7.81. The molecule has 0 radical (unpaired) electrons. The van der Waals surface area contributed by atoms with E-state index in [1.165, 1.54) is 16.8 Å². The normalized spacial score (nSPS) is 15.3. The Kier molecular flexibility index (Phi) is 5.44. The lowest BCUT2D eigenvalue weighted by Crippen LogP contribution is -2.44. The second kappa shape index (κ2) is 8.15. The van der Waals surface area contributed by atoms with Crippen LogP contribution in [0.2, 0.25) is 0 Å². The maximum atomic E-state index is 12.5. The van der Waals surface area contributed by atoms with Crippen LogP contribution in [-0.4, -0.2) is 35.5 Å². The fraction of sp³-hybridized carbons (Fsp3) is 0.391. The molecule has 0 bridgehead atoms. The predicted molar refractivity (Wildman–Crippen MR) is 115 cm³/mol. The molecule has 3 aromatic rings. The molecule has 1 fully saturated rings. The first-order valence-corrected chi connectivity index (χ1v) is 10.1. The van der Waals surface area contributed by atoms with Crippen molar-refractivity contribution in [3.63, 3.8) is 0 Å². The molecule has 28 heavy (non-hydrogen) atoms. The SMILES string of the molecule is Cc1cc(C)cc(N2CCC(NCCn3ncc4ccccc4c3=O)CC2)c1. The molecule has 1 saturated heterocycles. The van der Waals surface area contributed by atoms with Crippen molar-refractivity contribution >= 4 is 16.5 Å². The molecule has 1 aliphatic rings. The minimum absolute atomic E-state index is 0.00969. The van der Waals surface area contributed by atoms with Crippen molar-refractivity contribution in [1.29, 1.82) is 0 Å². The van der Waals surface area contributed by atoms with E-state index in [-0.39, 0.29) is 5.56 Å². The molecule has 0 aliphatic carbocycles. The number of rotatable bonds is 5. The summed E-state index contributed by atoms with van der Waals surface area (Å²) in [5.41, 5.74) is 3.97. The monoisotopic (exact) mass is 376 g/mol. The van der Waals surface area contributed by atoms with E-state index >= 15 is 0 Å². The molecule has 4 rings (SSSR count). The second-order valence-electron chi connectivity index (χ2n) is 7.82. The number of piperidine rings is 1. The van der Waals surface area contributed by atoms with Crippen molar-refractivity contribution in [2.75, 3.05) is 24.5 Å². The molecular weight excluding hydrogens is 348 g/mol. The molecule has 1 aliphatic heterocycles. The van der Waals surface area contributed by atoms with E-state index in [1.54, 1.807) is 10.9 Å². The van der Waals surface area contributed by atoms with Crippen molar-refractivity contribution < 1.29 is 0 Å². The Labute approximate surface area is 166 Å². The fourth-order valence-corrected chi connectivity index (χ4v) is 4.14. The van der Waals surface area contributed by atoms with Crippen LogP contribution in [-0.2, 0) is 6.54 Å². The highest BCUT2D eigenvalue weighted by atomic mass is 16.1. The summed E-state index contributed by atoms with van der Waals surface area (Å²) in [4.78, 5) is 15.0. The van der Waals surface area contributed by atoms with Gasteiger partial charge in [-0.2, -0.15) is 5.10 Å². The summed E-state index contributed by atoms with van der Waals surface area (Å²) in [6, 6.07) is 14.9. The molecule has 5 nitrogen and oxygen atoms in total. The predicted octanol–water partition coefficient (Wildman–Crippen LogP) is 3.27. The maximum Gasteiger partial charge on any atom is 0.274 e. The van der Waals surface area contributed by atoms with Crippen LogP contribution in [0.4, 0.5) is 5.69 Å². The lowest BCUT2D eigenvalue weighted by atomic mass is 10.0. The van der Waals surface area contributed by atoms with Gasteiger partial charge in [0, 0.05) is 36.7 Å². The lowest BCUT2D eigenvalue weighted by Gasteiger charge is -2.34. The third kappa shape index (κ3) is 4.09. The van der Waals surface area contributed by atoms with Crippen molar-refractivity contribution in [1.82, 2.24) is 15.1 Å². The Morgan fingerprint density at radius 3 is 2.54 bits per heavy atom. The van der Waals surface area contributed by atoms with Gasteiger partial charge in [-0.15, -0.1) is 0 Å². The minimum Gasteiger partial charge on any atom is -0.371 e. The average Bonchev–Trinajstić information content (AvgIpc) is 2.70. The molecule has 1 aromatic heterocycles. The van der Waals surface area contributed by atoms with Crippen LogP contribution >= 0.6 is 0 Å². The van der Waals surface area contributed by atoms with Crippen LogP contribution in [0, 0.1) is 13.8 Å². The molecule has 5 heteroatoms. The zero-order valence-electron chi connectivity index (χ0n) is 16.7. The number of nitrogens with zero attached hydrogens (tertiary/aromatic N) is 3. The standard InChI is InChI=1S/C23H28N4O/c1-17-13-18(2)15-21(14-17)26-10-7-20(8-11-26)24-9-12-27-23(28)22-6-4-3-5-19(22)16-25-27/h3-6,13-16,20,24H,7-12H2,1-2H3. The number of aryl methyl sites for hydroxylation is 2. The first-order chi connectivity index (χ1) is 13.6. The smallest absolute Gasteiger partial charge is 0.274 e. The Morgan fingerprint density at radius 1 is 1.07 bits per heavy atom. The van der Waals surface area contributed by atoms with Crippen LogP contribution in [0.1, 0.15) is 24.0 Å². The fourth-order valence-electron chi connectivity index (χ4n) is 4.14. The summed E-state index contributed by atoms with van der Waals surface area (Å²) in [7, 11) is 0. The quantitative estimate of drug-likeness (QED) is 0.743. The van der Waals surface area contributed by atoms with E-state index < -0.39 is 0 Å². The average molecular weight is 377 g/mol. The highest BCUT2D eigenvalue weighted by Gasteiger charge is 2.19. The molecule has 0 spiro atoms. The number of aromatic nitrogens is 2. The van der Waals surface area contributed by atoms with Crippen LogP contribution in [0.25, 0.3) is 10.8 Å². The number of hydrogen-bond acceptors (Lipinski definition) is 4. The molecular formula is C23H28N4O. The van der Waals surface area contributed by atoms with Crippen molar-refractivity contribution in [3.8, 4) is 0 Å². The first kappa shape index (κ1) is 18.7. The maximum absolute atomic E-state index is 12.5. The van der Waals surface area contributed by atoms with Gasteiger partial charge < -0.3 is 10.2 Å². The number of anilines is 1. The summed E-state index contributed by atoms with van der Waals surface area (Å²) < 4.78 is 1.57. The van der Waals surface area contributed by atoms with Crippen LogP contribution in [0.15, 0.2) is 53.5 Å². The Hall–Kier alpha value is -2.66. The van der Waals surface area contributed by atoms with E-state index in [0.29, 0.717) is 12.6 Å². The van der Waals surface area contributed by atoms with Crippen molar-refractivity contribution in [2.45, 2.75) is 39.3 Å². The Morgan fingerprint density at radius 2 is 1.79 bits per heavy atom. The van der Waals surface area contributed by atoms with Gasteiger partial charge in [-0.3, -0.25) is 4.79 Å². The second-order valence-corrected chi connectivity index (χ2v) is 7.82. The lowest BCUT2D eigenvalue weighted by molar-refractivity contribution is 0.398. The molecule has 0 saturated carbocycles. The van der Waals surface area contributed by atoms with Gasteiger partial charge in [0.15, 0.2) is 0 Å². The van der Waals surface area contributed by atoms with Gasteiger partial charge in [-0.25, -0.2) is 4.68 Å². The highest BCUT2D eigenvalue weighted by molar-refractivity contribution is 5.80. The van der Waals surface area contributed by atoms with Gasteiger partial charge in [-0.1, -0.05) is 24.3 Å². The third-order valence-electron chi connectivity index (χ3n) is 5.59. The highest BCUT2D eigenvalue weighted by Crippen LogP contribution is 2.22. The van der Waals surface area contributed by atoms with Gasteiger partial charge >= 0.3 is 0 Å². The number of benzene rings is 2. The van der Waals surface area contributed by atoms with Gasteiger partial charge in [0.25, 0.3) is 5.56 Å². The number of nitrogens with one attached hydrogen (secondary N) is 1. The number of hydrogen-bond donors (Lipinski definition) is 1. The number of fused-ring (bicyclic) bond motifs is 1. The van der Waals surface area contributed by atoms with E-state index in [1.807, 2.05) is 24.3 Å². The molecule has 2 aromatic carbocycles. The molecule has 1 N–H and O–H groups in total. The Balaban J connectivity index is 1.30. The molecule has 2 heterocycles. The topological polar surface area (TPSA) is 50.2 Å². The zero-order valence-corrected chi connectivity index (χ0v) is 16.7. The zero-order chi connectivity index (χ0) is 19.5. The van der Waals surface area contributed by atoms with Gasteiger partial charge in [-0.05, 0) is 56.0 Å². The van der Waals surface area contributed by atoms with Crippen LogP contribution < -0.4 is 15.8 Å². The molecule has 0 atom stereocenters. The molecule has 146 valence electrons. The minimum atomic E-state index is -0.00969. The summed E-state index contributed by atoms with van der Waals surface area (Å²) in [5, 5.41) is 9.56. The third-order valence-corrected chi connectivity index (χ3v) is 5.59. The van der Waals surface area contributed by atoms with Crippen molar-refractivity contribution in [2.24, 2.45) is 0 Å². The summed E-state index contributed by atoms with van der Waals surface area (Å²) in [5.74, 6) is 0. The first-order valence-electron chi connectivity index (χ1n) is 10.1. The Bertz CT molecular complexity index is 998. The largest absolute Gasteiger partial charge is 0.371 e. The van der Waals surface area contributed by atoms with Gasteiger partial charge in [0.2, 0.25) is 0 Å². The summed E-state index contributed by atoms with van der Waals surface area (Å²) >= 11 is 0. The molecule has 0 amide bonds. The van der Waals surface area contributed by atoms with Gasteiger partial charge in [0.05, 0.1) is 18.1 Å². The van der Waals surface area contributed by atoms with E-state index in [9.17, 15) is 4.79 Å². The molecule has 0 unspecified atom stereocenters.